The molecule has 4 nitrogen and oxygen atoms in total. The predicted molar refractivity (Wildman–Crippen MR) is 126 cm³/mol. The van der Waals surface area contributed by atoms with Crippen LogP contribution in [0.2, 0.25) is 10.0 Å². The molecule has 2 aromatic carbocycles. The number of aromatic nitrogens is 2. The minimum atomic E-state index is 0.613. The zero-order chi connectivity index (χ0) is 21.3. The number of unbranched alkanes of at least 4 members (excludes halogenated alkanes) is 1. The molecule has 6 heteroatoms. The van der Waals surface area contributed by atoms with Gasteiger partial charge in [-0.1, -0.05) is 42.6 Å². The first kappa shape index (κ1) is 21.9. The van der Waals surface area contributed by atoms with Crippen molar-refractivity contribution in [1.82, 2.24) is 9.97 Å². The van der Waals surface area contributed by atoms with E-state index in [1.165, 1.54) is 6.42 Å². The second-order valence-corrected chi connectivity index (χ2v) is 7.46. The molecular formula is C24H21Cl2N3O. The SMILES string of the molecule is CCCCN=Cc1ccc2nccc(Cl)c2c1.O=Cc1ccc2nccc(Cl)c2c1. The van der Waals surface area contributed by atoms with Crippen LogP contribution in [-0.4, -0.2) is 29.0 Å². The van der Waals surface area contributed by atoms with Gasteiger partial charge in [-0.15, -0.1) is 0 Å². The summed E-state index contributed by atoms with van der Waals surface area (Å²) in [5.74, 6) is 0. The number of aliphatic imine (C=N–C) groups is 1. The molecule has 0 bridgehead atoms. The number of hydrogen-bond acceptors (Lipinski definition) is 4. The van der Waals surface area contributed by atoms with Crippen molar-refractivity contribution in [1.29, 1.82) is 0 Å². The minimum absolute atomic E-state index is 0.613. The summed E-state index contributed by atoms with van der Waals surface area (Å²) in [7, 11) is 0. The quantitative estimate of drug-likeness (QED) is 0.195. The number of carbonyl (C=O) groups excluding carboxylic acids is 1. The van der Waals surface area contributed by atoms with Crippen LogP contribution in [0.3, 0.4) is 0 Å². The lowest BCUT2D eigenvalue weighted by Gasteiger charge is -2.00. The van der Waals surface area contributed by atoms with Crippen LogP contribution < -0.4 is 0 Å². The van der Waals surface area contributed by atoms with E-state index in [1.54, 1.807) is 36.7 Å². The molecule has 0 saturated heterocycles. The molecule has 2 heterocycles. The van der Waals surface area contributed by atoms with Gasteiger partial charge in [-0.3, -0.25) is 19.8 Å². The van der Waals surface area contributed by atoms with Gasteiger partial charge in [0.1, 0.15) is 6.29 Å². The van der Waals surface area contributed by atoms with E-state index in [0.717, 1.165) is 51.6 Å². The summed E-state index contributed by atoms with van der Waals surface area (Å²) in [6.07, 6.45) is 8.36. The Labute approximate surface area is 185 Å². The van der Waals surface area contributed by atoms with Gasteiger partial charge in [-0.2, -0.15) is 0 Å². The van der Waals surface area contributed by atoms with Crippen molar-refractivity contribution in [2.75, 3.05) is 6.54 Å². The highest BCUT2D eigenvalue weighted by Crippen LogP contribution is 2.22. The molecule has 0 amide bonds. The lowest BCUT2D eigenvalue weighted by molar-refractivity contribution is 0.112. The lowest BCUT2D eigenvalue weighted by Crippen LogP contribution is -1.86. The Bertz CT molecular complexity index is 1190. The highest BCUT2D eigenvalue weighted by atomic mass is 35.5. The van der Waals surface area contributed by atoms with E-state index in [4.69, 9.17) is 23.2 Å². The summed E-state index contributed by atoms with van der Waals surface area (Å²) in [4.78, 5) is 23.3. The highest BCUT2D eigenvalue weighted by molar-refractivity contribution is 6.35. The van der Waals surface area contributed by atoms with E-state index in [-0.39, 0.29) is 0 Å². The maximum atomic E-state index is 10.5. The van der Waals surface area contributed by atoms with Crippen molar-refractivity contribution >= 4 is 57.5 Å². The van der Waals surface area contributed by atoms with Gasteiger partial charge < -0.3 is 0 Å². The smallest absolute Gasteiger partial charge is 0.150 e. The Hall–Kier alpha value is -2.82. The lowest BCUT2D eigenvalue weighted by atomic mass is 10.1. The zero-order valence-electron chi connectivity index (χ0n) is 16.6. The average molecular weight is 438 g/mol. The van der Waals surface area contributed by atoms with E-state index in [9.17, 15) is 4.79 Å². The predicted octanol–water partition coefficient (Wildman–Crippen LogP) is 6.81. The van der Waals surface area contributed by atoms with Crippen LogP contribution >= 0.6 is 23.2 Å². The molecule has 0 N–H and O–H groups in total. The number of rotatable bonds is 5. The van der Waals surface area contributed by atoms with Gasteiger partial charge in [0.05, 0.1) is 21.1 Å². The van der Waals surface area contributed by atoms with E-state index < -0.39 is 0 Å². The summed E-state index contributed by atoms with van der Waals surface area (Å²) >= 11 is 12.1. The van der Waals surface area contributed by atoms with Crippen molar-refractivity contribution in [2.45, 2.75) is 19.8 Å². The van der Waals surface area contributed by atoms with Crippen LogP contribution in [0, 0.1) is 0 Å². The number of aldehydes is 1. The number of nitrogens with zero attached hydrogens (tertiary/aromatic N) is 3. The molecule has 0 spiro atoms. The number of pyridine rings is 2. The first-order valence-corrected chi connectivity index (χ1v) is 10.4. The van der Waals surface area contributed by atoms with Gasteiger partial charge in [0.15, 0.2) is 0 Å². The van der Waals surface area contributed by atoms with E-state index in [2.05, 4.69) is 21.9 Å². The Morgan fingerprint density at radius 2 is 1.43 bits per heavy atom. The van der Waals surface area contributed by atoms with E-state index >= 15 is 0 Å². The fraction of sp³-hybridized carbons (Fsp3) is 0.167. The number of halogens is 2. The molecule has 0 aliphatic heterocycles. The van der Waals surface area contributed by atoms with Crippen LogP contribution in [0.25, 0.3) is 21.8 Å². The largest absolute Gasteiger partial charge is 0.298 e. The van der Waals surface area contributed by atoms with Gasteiger partial charge in [0, 0.05) is 41.5 Å². The van der Waals surface area contributed by atoms with Crippen LogP contribution in [-0.2, 0) is 0 Å². The van der Waals surface area contributed by atoms with Crippen molar-refractivity contribution < 1.29 is 4.79 Å². The van der Waals surface area contributed by atoms with Gasteiger partial charge in [-0.25, -0.2) is 0 Å². The Morgan fingerprint density at radius 3 is 2.00 bits per heavy atom. The summed E-state index contributed by atoms with van der Waals surface area (Å²) in [5, 5.41) is 3.15. The van der Waals surface area contributed by atoms with Crippen LogP contribution in [0.15, 0.2) is 65.9 Å². The van der Waals surface area contributed by atoms with E-state index in [1.807, 2.05) is 30.5 Å². The number of hydrogen-bond donors (Lipinski definition) is 0. The fourth-order valence-electron chi connectivity index (χ4n) is 2.83. The molecule has 2 aromatic heterocycles. The van der Waals surface area contributed by atoms with E-state index in [0.29, 0.717) is 10.6 Å². The normalized spacial score (nSPS) is 10.9. The molecule has 4 rings (SSSR count). The maximum Gasteiger partial charge on any atom is 0.150 e. The molecule has 0 aliphatic rings. The third-order valence-corrected chi connectivity index (χ3v) is 5.10. The molecule has 30 heavy (non-hydrogen) atoms. The highest BCUT2D eigenvalue weighted by Gasteiger charge is 2.01. The summed E-state index contributed by atoms with van der Waals surface area (Å²) < 4.78 is 0. The number of carbonyl (C=O) groups is 1. The fourth-order valence-corrected chi connectivity index (χ4v) is 3.25. The summed E-state index contributed by atoms with van der Waals surface area (Å²) in [6.45, 7) is 3.05. The summed E-state index contributed by atoms with van der Waals surface area (Å²) in [5.41, 5.74) is 3.41. The Balaban J connectivity index is 0.000000177. The minimum Gasteiger partial charge on any atom is -0.298 e. The van der Waals surface area contributed by atoms with Gasteiger partial charge in [0.2, 0.25) is 0 Å². The van der Waals surface area contributed by atoms with Gasteiger partial charge >= 0.3 is 0 Å². The Kier molecular flexibility index (Phi) is 7.89. The van der Waals surface area contributed by atoms with Crippen molar-refractivity contribution in [3.05, 3.63) is 82.1 Å². The third kappa shape index (κ3) is 5.62. The van der Waals surface area contributed by atoms with Crippen LogP contribution in [0.1, 0.15) is 35.7 Å². The molecular weight excluding hydrogens is 417 g/mol. The van der Waals surface area contributed by atoms with Crippen molar-refractivity contribution in [3.63, 3.8) is 0 Å². The standard InChI is InChI=1S/C14H15ClN2.C10H6ClNO/c1-2-3-7-16-10-11-4-5-14-12(9-11)13(15)6-8-17-14;11-9-3-4-12-10-2-1-7(6-13)5-8(9)10/h4-6,8-10H,2-3,7H2,1H3;1-6H. The van der Waals surface area contributed by atoms with Crippen molar-refractivity contribution in [3.8, 4) is 0 Å². The molecule has 0 radical (unpaired) electrons. The molecule has 0 aliphatic carbocycles. The average Bonchev–Trinajstić information content (AvgIpc) is 2.78. The molecule has 0 atom stereocenters. The molecule has 0 fully saturated rings. The van der Waals surface area contributed by atoms with Crippen LogP contribution in [0.4, 0.5) is 0 Å². The number of fused-ring (bicyclic) bond motifs is 2. The van der Waals surface area contributed by atoms with Gasteiger partial charge in [0.25, 0.3) is 0 Å². The van der Waals surface area contributed by atoms with Gasteiger partial charge in [-0.05, 0) is 54.4 Å². The molecule has 0 saturated carbocycles. The maximum absolute atomic E-state index is 10.5. The molecule has 152 valence electrons. The monoisotopic (exact) mass is 437 g/mol. The first-order valence-electron chi connectivity index (χ1n) is 9.66. The first-order chi connectivity index (χ1) is 14.6. The number of benzene rings is 2. The third-order valence-electron chi connectivity index (χ3n) is 4.44. The second-order valence-electron chi connectivity index (χ2n) is 6.65. The van der Waals surface area contributed by atoms with Crippen molar-refractivity contribution in [2.24, 2.45) is 4.99 Å². The zero-order valence-corrected chi connectivity index (χ0v) is 18.1. The second kappa shape index (κ2) is 10.8. The summed E-state index contributed by atoms with van der Waals surface area (Å²) in [6, 6.07) is 14.8. The molecule has 4 aromatic rings. The topological polar surface area (TPSA) is 55.2 Å². The van der Waals surface area contributed by atoms with Crippen LogP contribution in [0.5, 0.6) is 0 Å². The molecule has 0 unspecified atom stereocenters. The Morgan fingerprint density at radius 1 is 0.867 bits per heavy atom.